The third kappa shape index (κ3) is 9.18. The summed E-state index contributed by atoms with van der Waals surface area (Å²) in [6.45, 7) is 4.88. The van der Waals surface area contributed by atoms with Gasteiger partial charge in [0.25, 0.3) is 11.8 Å². The van der Waals surface area contributed by atoms with Crippen LogP contribution >= 0.6 is 0 Å². The number of alkyl halides is 3. The number of amides is 3. The first-order valence-corrected chi connectivity index (χ1v) is 14.5. The second-order valence-electron chi connectivity index (χ2n) is 10.9. The van der Waals surface area contributed by atoms with Gasteiger partial charge in [0.15, 0.2) is 0 Å². The number of carbonyl (C=O) groups is 3. The van der Waals surface area contributed by atoms with Crippen molar-refractivity contribution in [2.24, 2.45) is 5.14 Å². The zero-order chi connectivity index (χ0) is 30.6. The van der Waals surface area contributed by atoms with Crippen LogP contribution < -0.4 is 26.4 Å². The SMILES string of the molecule is CC(C)(C)Nc1ccc(C(F)(F)F)cc1C(=O)NCC(=O)N[C@@H]1CCCC[C@@H]1NC(=O)c1ccc(S(N)(=O)=O)cc1. The molecular formula is C27H34F3N5O5S. The zero-order valence-electron chi connectivity index (χ0n) is 22.9. The van der Waals surface area contributed by atoms with Crippen LogP contribution in [0, 0.1) is 0 Å². The van der Waals surface area contributed by atoms with Gasteiger partial charge in [0, 0.05) is 28.9 Å². The molecule has 0 spiro atoms. The van der Waals surface area contributed by atoms with Gasteiger partial charge < -0.3 is 21.3 Å². The minimum atomic E-state index is -4.66. The molecule has 2 atom stereocenters. The number of primary sulfonamides is 1. The Labute approximate surface area is 236 Å². The lowest BCUT2D eigenvalue weighted by atomic mass is 9.90. The first-order chi connectivity index (χ1) is 18.9. The van der Waals surface area contributed by atoms with Crippen molar-refractivity contribution in [1.82, 2.24) is 16.0 Å². The van der Waals surface area contributed by atoms with E-state index < -0.39 is 63.7 Å². The molecule has 1 fully saturated rings. The molecule has 2 aromatic rings. The molecule has 0 saturated heterocycles. The molecule has 3 amide bonds. The van der Waals surface area contributed by atoms with Gasteiger partial charge in [-0.05, 0) is 76.1 Å². The number of nitrogens with one attached hydrogen (secondary N) is 4. The van der Waals surface area contributed by atoms with Gasteiger partial charge in [-0.25, -0.2) is 13.6 Å². The quantitative estimate of drug-likeness (QED) is 0.314. The average molecular weight is 598 g/mol. The van der Waals surface area contributed by atoms with E-state index in [1.165, 1.54) is 30.3 Å². The van der Waals surface area contributed by atoms with Crippen LogP contribution in [-0.2, 0) is 21.0 Å². The molecular weight excluding hydrogens is 563 g/mol. The highest BCUT2D eigenvalue weighted by atomic mass is 32.2. The molecule has 0 aromatic heterocycles. The Kier molecular flexibility index (Phi) is 9.70. The molecule has 0 bridgehead atoms. The fourth-order valence-corrected chi connectivity index (χ4v) is 4.97. The van der Waals surface area contributed by atoms with E-state index in [2.05, 4.69) is 21.3 Å². The highest BCUT2D eigenvalue weighted by molar-refractivity contribution is 7.89. The summed E-state index contributed by atoms with van der Waals surface area (Å²) >= 11 is 0. The Morgan fingerprint density at radius 2 is 1.49 bits per heavy atom. The Morgan fingerprint density at radius 3 is 2.02 bits per heavy atom. The Bertz CT molecular complexity index is 1390. The monoisotopic (exact) mass is 597 g/mol. The Balaban J connectivity index is 1.64. The van der Waals surface area contributed by atoms with Crippen molar-refractivity contribution < 1.29 is 36.0 Å². The smallest absolute Gasteiger partial charge is 0.380 e. The lowest BCUT2D eigenvalue weighted by Gasteiger charge is -2.33. The topological polar surface area (TPSA) is 159 Å². The van der Waals surface area contributed by atoms with Crippen molar-refractivity contribution in [3.63, 3.8) is 0 Å². The van der Waals surface area contributed by atoms with Crippen LogP contribution in [0.25, 0.3) is 0 Å². The van der Waals surface area contributed by atoms with Gasteiger partial charge in [0.05, 0.1) is 22.6 Å². The average Bonchev–Trinajstić information content (AvgIpc) is 2.86. The summed E-state index contributed by atoms with van der Waals surface area (Å²) in [7, 11) is -3.91. The molecule has 14 heteroatoms. The third-order valence-corrected chi connectivity index (χ3v) is 7.31. The van der Waals surface area contributed by atoms with E-state index in [9.17, 15) is 36.0 Å². The maximum Gasteiger partial charge on any atom is 0.416 e. The maximum absolute atomic E-state index is 13.3. The molecule has 0 unspecified atom stereocenters. The fourth-order valence-electron chi connectivity index (χ4n) is 4.46. The summed E-state index contributed by atoms with van der Waals surface area (Å²) in [5, 5.41) is 16.1. The molecule has 41 heavy (non-hydrogen) atoms. The standard InChI is InChI=1S/C27H34F3N5O5S/c1-26(2,3)35-20-13-10-17(27(28,29)30)14-19(20)25(38)32-15-23(36)33-21-6-4-5-7-22(21)34-24(37)16-8-11-18(12-9-16)41(31,39)40/h8-14,21-22,35H,4-7,15H2,1-3H3,(H,32,38)(H,33,36)(H,34,37)(H2,31,39,40)/t21-,22+/m1/s1. The van der Waals surface area contributed by atoms with E-state index in [0.29, 0.717) is 12.8 Å². The number of hydrogen-bond acceptors (Lipinski definition) is 6. The van der Waals surface area contributed by atoms with Crippen molar-refractivity contribution in [3.05, 3.63) is 59.2 Å². The van der Waals surface area contributed by atoms with Crippen molar-refractivity contribution >= 4 is 33.4 Å². The van der Waals surface area contributed by atoms with Gasteiger partial charge in [-0.2, -0.15) is 13.2 Å². The zero-order valence-corrected chi connectivity index (χ0v) is 23.7. The summed E-state index contributed by atoms with van der Waals surface area (Å²) < 4.78 is 62.8. The number of nitrogens with two attached hydrogens (primary N) is 1. The highest BCUT2D eigenvalue weighted by Crippen LogP contribution is 2.32. The molecule has 10 nitrogen and oxygen atoms in total. The van der Waals surface area contributed by atoms with Crippen LogP contribution in [0.1, 0.15) is 72.7 Å². The second kappa shape index (κ2) is 12.5. The van der Waals surface area contributed by atoms with Crippen LogP contribution in [0.5, 0.6) is 0 Å². The van der Waals surface area contributed by atoms with Crippen LogP contribution in [0.2, 0.25) is 0 Å². The molecule has 0 heterocycles. The number of rotatable bonds is 8. The number of carbonyl (C=O) groups excluding carboxylic acids is 3. The largest absolute Gasteiger partial charge is 0.416 e. The lowest BCUT2D eigenvalue weighted by molar-refractivity contribution is -0.137. The summed E-state index contributed by atoms with van der Waals surface area (Å²) in [5.41, 5.74) is -1.39. The summed E-state index contributed by atoms with van der Waals surface area (Å²) in [6, 6.07) is 7.02. The van der Waals surface area contributed by atoms with Crippen molar-refractivity contribution in [2.75, 3.05) is 11.9 Å². The molecule has 224 valence electrons. The highest BCUT2D eigenvalue weighted by Gasteiger charge is 2.33. The molecule has 3 rings (SSSR count). The molecule has 1 aliphatic rings. The van der Waals surface area contributed by atoms with Crippen LogP contribution in [-0.4, -0.2) is 50.3 Å². The van der Waals surface area contributed by atoms with Crippen molar-refractivity contribution in [1.29, 1.82) is 0 Å². The summed E-state index contributed by atoms with van der Waals surface area (Å²) in [5.74, 6) is -1.89. The van der Waals surface area contributed by atoms with Gasteiger partial charge in [0.1, 0.15) is 0 Å². The van der Waals surface area contributed by atoms with E-state index in [1.54, 1.807) is 20.8 Å². The number of sulfonamides is 1. The second-order valence-corrected chi connectivity index (χ2v) is 12.5. The van der Waals surface area contributed by atoms with Gasteiger partial charge >= 0.3 is 6.18 Å². The van der Waals surface area contributed by atoms with Gasteiger partial charge in [-0.15, -0.1) is 0 Å². The van der Waals surface area contributed by atoms with E-state index in [-0.39, 0.29) is 21.7 Å². The first kappa shape index (κ1) is 31.9. The van der Waals surface area contributed by atoms with Gasteiger partial charge in [-0.1, -0.05) is 12.8 Å². The first-order valence-electron chi connectivity index (χ1n) is 12.9. The van der Waals surface area contributed by atoms with Crippen molar-refractivity contribution in [3.8, 4) is 0 Å². The van der Waals surface area contributed by atoms with Crippen LogP contribution in [0.3, 0.4) is 0 Å². The molecule has 0 radical (unpaired) electrons. The van der Waals surface area contributed by atoms with Crippen LogP contribution in [0.4, 0.5) is 18.9 Å². The third-order valence-electron chi connectivity index (χ3n) is 6.38. The normalized spacial score (nSPS) is 17.8. The molecule has 2 aromatic carbocycles. The van der Waals surface area contributed by atoms with Crippen molar-refractivity contribution in [2.45, 2.75) is 75.1 Å². The summed E-state index contributed by atoms with van der Waals surface area (Å²) in [6.07, 6.45) is -1.93. The van der Waals surface area contributed by atoms with E-state index >= 15 is 0 Å². The Hall–Kier alpha value is -3.65. The molecule has 1 saturated carbocycles. The van der Waals surface area contributed by atoms with E-state index in [4.69, 9.17) is 5.14 Å². The number of benzene rings is 2. The van der Waals surface area contributed by atoms with E-state index in [1.807, 2.05) is 0 Å². The van der Waals surface area contributed by atoms with Gasteiger partial charge in [0.2, 0.25) is 15.9 Å². The minimum Gasteiger partial charge on any atom is -0.380 e. The number of halogens is 3. The predicted molar refractivity (Wildman–Crippen MR) is 147 cm³/mol. The fraction of sp³-hybridized carbons (Fsp3) is 0.444. The number of anilines is 1. The van der Waals surface area contributed by atoms with E-state index in [0.717, 1.165) is 25.0 Å². The minimum absolute atomic E-state index is 0.134. The lowest BCUT2D eigenvalue weighted by Crippen LogP contribution is -2.54. The van der Waals surface area contributed by atoms with Crippen LogP contribution in [0.15, 0.2) is 47.4 Å². The maximum atomic E-state index is 13.3. The molecule has 1 aliphatic carbocycles. The summed E-state index contributed by atoms with van der Waals surface area (Å²) in [4.78, 5) is 38.2. The number of hydrogen-bond donors (Lipinski definition) is 5. The van der Waals surface area contributed by atoms with Gasteiger partial charge in [-0.3, -0.25) is 14.4 Å². The molecule has 6 N–H and O–H groups in total. The predicted octanol–water partition coefficient (Wildman–Crippen LogP) is 3.15. The molecule has 0 aliphatic heterocycles. The Morgan fingerprint density at radius 1 is 0.902 bits per heavy atom.